The van der Waals surface area contributed by atoms with Gasteiger partial charge in [-0.2, -0.15) is 0 Å². The van der Waals surface area contributed by atoms with E-state index in [1.54, 1.807) is 27.7 Å². The molecule has 0 aromatic carbocycles. The first-order chi connectivity index (χ1) is 13.8. The van der Waals surface area contributed by atoms with Crippen LogP contribution in [0.3, 0.4) is 0 Å². The summed E-state index contributed by atoms with van der Waals surface area (Å²) in [5.41, 5.74) is 4.79. The highest BCUT2D eigenvalue weighted by Gasteiger charge is 2.41. The lowest BCUT2D eigenvalue weighted by molar-refractivity contribution is -0.143. The van der Waals surface area contributed by atoms with Gasteiger partial charge in [-0.1, -0.05) is 20.3 Å². The molecule has 0 bridgehead atoms. The SMILES string of the molecule is CCCC(NC(=O)C(CC)N(C)C(=O)OC(C)(C)C)C(=O)N1C(C)CCC1C(N)=O. The molecule has 1 fully saturated rings. The zero-order valence-corrected chi connectivity index (χ0v) is 19.4. The van der Waals surface area contributed by atoms with Crippen molar-refractivity contribution >= 4 is 23.8 Å². The molecule has 1 saturated heterocycles. The molecule has 30 heavy (non-hydrogen) atoms. The number of hydrogen-bond acceptors (Lipinski definition) is 5. The molecule has 3 N–H and O–H groups in total. The summed E-state index contributed by atoms with van der Waals surface area (Å²) in [5.74, 6) is -1.28. The lowest BCUT2D eigenvalue weighted by Gasteiger charge is -2.33. The van der Waals surface area contributed by atoms with Crippen molar-refractivity contribution in [1.29, 1.82) is 0 Å². The number of likely N-dealkylation sites (N-methyl/N-ethyl adjacent to an activating group) is 1. The fourth-order valence-corrected chi connectivity index (χ4v) is 3.72. The van der Waals surface area contributed by atoms with Gasteiger partial charge in [-0.15, -0.1) is 0 Å². The number of likely N-dealkylation sites (tertiary alicyclic amines) is 1. The minimum atomic E-state index is -0.786. The number of hydrogen-bond donors (Lipinski definition) is 2. The zero-order chi connectivity index (χ0) is 23.2. The molecule has 172 valence electrons. The highest BCUT2D eigenvalue weighted by molar-refractivity contribution is 5.94. The number of nitrogens with two attached hydrogens (primary N) is 1. The Labute approximate surface area is 179 Å². The van der Waals surface area contributed by atoms with E-state index in [2.05, 4.69) is 5.32 Å². The Morgan fingerprint density at radius 1 is 1.20 bits per heavy atom. The first kappa shape index (κ1) is 25.7. The van der Waals surface area contributed by atoms with E-state index < -0.39 is 41.6 Å². The van der Waals surface area contributed by atoms with Gasteiger partial charge in [0, 0.05) is 13.1 Å². The highest BCUT2D eigenvalue weighted by atomic mass is 16.6. The molecular weight excluding hydrogens is 388 g/mol. The Morgan fingerprint density at radius 3 is 2.27 bits per heavy atom. The number of primary amides is 1. The molecule has 4 atom stereocenters. The van der Waals surface area contributed by atoms with E-state index in [1.165, 1.54) is 16.8 Å². The number of rotatable bonds is 8. The first-order valence-electron chi connectivity index (χ1n) is 10.7. The van der Waals surface area contributed by atoms with E-state index in [0.29, 0.717) is 32.1 Å². The summed E-state index contributed by atoms with van der Waals surface area (Å²) in [6.45, 7) is 10.8. The Balaban J connectivity index is 2.97. The predicted molar refractivity (Wildman–Crippen MR) is 113 cm³/mol. The summed E-state index contributed by atoms with van der Waals surface area (Å²) >= 11 is 0. The fourth-order valence-electron chi connectivity index (χ4n) is 3.72. The van der Waals surface area contributed by atoms with E-state index >= 15 is 0 Å². The maximum atomic E-state index is 13.2. The van der Waals surface area contributed by atoms with Crippen LogP contribution >= 0.6 is 0 Å². The summed E-state index contributed by atoms with van der Waals surface area (Å²) in [6.07, 6.45) is 2.05. The van der Waals surface area contributed by atoms with E-state index in [0.717, 1.165) is 0 Å². The van der Waals surface area contributed by atoms with Gasteiger partial charge in [0.2, 0.25) is 17.7 Å². The van der Waals surface area contributed by atoms with E-state index in [4.69, 9.17) is 10.5 Å². The maximum absolute atomic E-state index is 13.2. The van der Waals surface area contributed by atoms with E-state index in [-0.39, 0.29) is 11.9 Å². The molecule has 1 aliphatic heterocycles. The van der Waals surface area contributed by atoms with Gasteiger partial charge in [0.05, 0.1) is 0 Å². The third-order valence-corrected chi connectivity index (χ3v) is 5.28. The highest BCUT2D eigenvalue weighted by Crippen LogP contribution is 2.25. The zero-order valence-electron chi connectivity index (χ0n) is 19.4. The Kier molecular flexibility index (Phi) is 9.11. The Morgan fingerprint density at radius 2 is 1.80 bits per heavy atom. The summed E-state index contributed by atoms with van der Waals surface area (Å²) in [5, 5.41) is 2.79. The standard InChI is InChI=1S/C21H38N4O5/c1-8-10-14(19(28)25-13(3)11-12-16(25)17(22)26)23-18(27)15(9-2)24(7)20(29)30-21(4,5)6/h13-16H,8-12H2,1-7H3,(H2,22,26)(H,23,27). The Bertz CT molecular complexity index is 646. The van der Waals surface area contributed by atoms with Crippen LogP contribution in [0.25, 0.3) is 0 Å². The van der Waals surface area contributed by atoms with Crippen molar-refractivity contribution < 1.29 is 23.9 Å². The van der Waals surface area contributed by atoms with Crippen molar-refractivity contribution in [1.82, 2.24) is 15.1 Å². The summed E-state index contributed by atoms with van der Waals surface area (Å²) in [4.78, 5) is 53.1. The monoisotopic (exact) mass is 426 g/mol. The lowest BCUT2D eigenvalue weighted by Crippen LogP contribution is -2.57. The van der Waals surface area contributed by atoms with Crippen LogP contribution in [-0.2, 0) is 19.1 Å². The fraction of sp³-hybridized carbons (Fsp3) is 0.810. The summed E-state index contributed by atoms with van der Waals surface area (Å²) in [7, 11) is 1.50. The van der Waals surface area contributed by atoms with Crippen molar-refractivity contribution in [2.75, 3.05) is 7.05 Å². The maximum Gasteiger partial charge on any atom is 0.410 e. The minimum absolute atomic E-state index is 0.127. The predicted octanol–water partition coefficient (Wildman–Crippen LogP) is 1.78. The average molecular weight is 427 g/mol. The van der Waals surface area contributed by atoms with Gasteiger partial charge in [0.25, 0.3) is 0 Å². The van der Waals surface area contributed by atoms with Gasteiger partial charge < -0.3 is 20.7 Å². The van der Waals surface area contributed by atoms with Crippen molar-refractivity contribution in [2.45, 2.75) is 103 Å². The topological polar surface area (TPSA) is 122 Å². The molecule has 0 aromatic rings. The smallest absolute Gasteiger partial charge is 0.410 e. The van der Waals surface area contributed by atoms with Gasteiger partial charge in [0.1, 0.15) is 23.7 Å². The van der Waals surface area contributed by atoms with Crippen LogP contribution in [0, 0.1) is 0 Å². The molecule has 1 aliphatic rings. The first-order valence-corrected chi connectivity index (χ1v) is 10.7. The number of carbonyl (C=O) groups excluding carboxylic acids is 4. The van der Waals surface area contributed by atoms with E-state index in [9.17, 15) is 19.2 Å². The molecule has 1 heterocycles. The second-order valence-electron chi connectivity index (χ2n) is 8.96. The van der Waals surface area contributed by atoms with Crippen molar-refractivity contribution in [2.24, 2.45) is 5.73 Å². The number of carbonyl (C=O) groups is 4. The van der Waals surface area contributed by atoms with Crippen LogP contribution in [0.1, 0.15) is 73.6 Å². The third kappa shape index (κ3) is 6.60. The van der Waals surface area contributed by atoms with E-state index in [1.807, 2.05) is 13.8 Å². The largest absolute Gasteiger partial charge is 0.444 e. The second kappa shape index (κ2) is 10.6. The van der Waals surface area contributed by atoms with Crippen LogP contribution < -0.4 is 11.1 Å². The molecule has 9 heteroatoms. The average Bonchev–Trinajstić information content (AvgIpc) is 3.01. The quantitative estimate of drug-likeness (QED) is 0.613. The number of nitrogens with one attached hydrogen (secondary N) is 1. The van der Waals surface area contributed by atoms with Crippen LogP contribution in [-0.4, -0.2) is 70.4 Å². The molecule has 0 aliphatic carbocycles. The molecule has 4 amide bonds. The van der Waals surface area contributed by atoms with Crippen LogP contribution in [0.2, 0.25) is 0 Å². The molecular formula is C21H38N4O5. The molecule has 0 aromatic heterocycles. The lowest BCUT2D eigenvalue weighted by atomic mass is 10.1. The third-order valence-electron chi connectivity index (χ3n) is 5.28. The normalized spacial score (nSPS) is 21.0. The summed E-state index contributed by atoms with van der Waals surface area (Å²) in [6, 6.07) is -2.35. The van der Waals surface area contributed by atoms with Gasteiger partial charge >= 0.3 is 6.09 Å². The van der Waals surface area contributed by atoms with Crippen LogP contribution in [0.5, 0.6) is 0 Å². The second-order valence-corrected chi connectivity index (χ2v) is 8.96. The number of ether oxygens (including phenoxy) is 1. The van der Waals surface area contributed by atoms with Gasteiger partial charge in [-0.05, 0) is 53.4 Å². The van der Waals surface area contributed by atoms with Crippen molar-refractivity contribution in [3.8, 4) is 0 Å². The molecule has 1 rings (SSSR count). The van der Waals surface area contributed by atoms with Crippen molar-refractivity contribution in [3.05, 3.63) is 0 Å². The molecule has 4 unspecified atom stereocenters. The van der Waals surface area contributed by atoms with Crippen molar-refractivity contribution in [3.63, 3.8) is 0 Å². The van der Waals surface area contributed by atoms with Crippen LogP contribution in [0.4, 0.5) is 4.79 Å². The molecule has 9 nitrogen and oxygen atoms in total. The van der Waals surface area contributed by atoms with Gasteiger partial charge in [-0.25, -0.2) is 4.79 Å². The molecule has 0 saturated carbocycles. The Hall–Kier alpha value is -2.32. The van der Waals surface area contributed by atoms with Gasteiger partial charge in [-0.3, -0.25) is 19.3 Å². The minimum Gasteiger partial charge on any atom is -0.444 e. The van der Waals surface area contributed by atoms with Gasteiger partial charge in [0.15, 0.2) is 0 Å². The number of amides is 4. The number of nitrogens with zero attached hydrogens (tertiary/aromatic N) is 2. The molecule has 0 radical (unpaired) electrons. The van der Waals surface area contributed by atoms with Crippen LogP contribution in [0.15, 0.2) is 0 Å². The summed E-state index contributed by atoms with van der Waals surface area (Å²) < 4.78 is 5.35. The molecule has 0 spiro atoms.